The molecule has 0 unspecified atom stereocenters. The summed E-state index contributed by atoms with van der Waals surface area (Å²) in [5.41, 5.74) is 0.386. The molecule has 1 aromatic rings. The van der Waals surface area contributed by atoms with E-state index in [1.54, 1.807) is 6.07 Å². The van der Waals surface area contributed by atoms with Crippen LogP contribution in [-0.4, -0.2) is 23.9 Å². The van der Waals surface area contributed by atoms with Gasteiger partial charge in [-0.25, -0.2) is 4.39 Å². The standard InChI is InChI=1S/C15H22FNO2S/c1-5-17-9-11-6-7-13(12(16)8-11)20-10-14(18)19-15(2,3)4/h6-8,17H,5,9-10H2,1-4H3. The van der Waals surface area contributed by atoms with Gasteiger partial charge < -0.3 is 10.1 Å². The summed E-state index contributed by atoms with van der Waals surface area (Å²) >= 11 is 1.16. The maximum atomic E-state index is 13.9. The van der Waals surface area contributed by atoms with Crippen LogP contribution in [0.15, 0.2) is 23.1 Å². The summed E-state index contributed by atoms with van der Waals surface area (Å²) in [5, 5.41) is 3.14. The fourth-order valence-corrected chi connectivity index (χ4v) is 2.24. The van der Waals surface area contributed by atoms with Gasteiger partial charge in [0.1, 0.15) is 11.4 Å². The lowest BCUT2D eigenvalue weighted by Crippen LogP contribution is -2.24. The van der Waals surface area contributed by atoms with Crippen molar-refractivity contribution in [2.75, 3.05) is 12.3 Å². The van der Waals surface area contributed by atoms with Crippen LogP contribution in [0.1, 0.15) is 33.3 Å². The molecule has 0 aromatic heterocycles. The number of rotatable bonds is 6. The Morgan fingerprint density at radius 2 is 2.10 bits per heavy atom. The number of nitrogens with one attached hydrogen (secondary N) is 1. The highest BCUT2D eigenvalue weighted by molar-refractivity contribution is 8.00. The first kappa shape index (κ1) is 17.0. The van der Waals surface area contributed by atoms with E-state index in [9.17, 15) is 9.18 Å². The normalized spacial score (nSPS) is 11.4. The van der Waals surface area contributed by atoms with Gasteiger partial charge in [-0.2, -0.15) is 0 Å². The largest absolute Gasteiger partial charge is 0.459 e. The van der Waals surface area contributed by atoms with E-state index in [2.05, 4.69) is 5.32 Å². The Hall–Kier alpha value is -1.07. The van der Waals surface area contributed by atoms with Gasteiger partial charge in [0.15, 0.2) is 0 Å². The van der Waals surface area contributed by atoms with Gasteiger partial charge in [0.05, 0.1) is 5.75 Å². The minimum Gasteiger partial charge on any atom is -0.459 e. The summed E-state index contributed by atoms with van der Waals surface area (Å²) in [6, 6.07) is 5.07. The zero-order valence-corrected chi connectivity index (χ0v) is 13.3. The first-order valence-electron chi connectivity index (χ1n) is 6.65. The number of ether oxygens (including phenoxy) is 1. The number of halogens is 1. The van der Waals surface area contributed by atoms with Crippen molar-refractivity contribution in [3.8, 4) is 0 Å². The number of benzene rings is 1. The summed E-state index contributed by atoms with van der Waals surface area (Å²) in [6.45, 7) is 8.92. The fourth-order valence-electron chi connectivity index (χ4n) is 1.55. The summed E-state index contributed by atoms with van der Waals surface area (Å²) in [5.74, 6) is -0.520. The van der Waals surface area contributed by atoms with Crippen molar-refractivity contribution in [1.82, 2.24) is 5.32 Å². The van der Waals surface area contributed by atoms with Crippen LogP contribution in [0.3, 0.4) is 0 Å². The quantitative estimate of drug-likeness (QED) is 0.645. The first-order chi connectivity index (χ1) is 9.31. The minimum atomic E-state index is -0.508. The molecule has 0 saturated heterocycles. The topological polar surface area (TPSA) is 38.3 Å². The highest BCUT2D eigenvalue weighted by Gasteiger charge is 2.16. The Balaban J connectivity index is 2.54. The Kier molecular flexibility index (Phi) is 6.49. The van der Waals surface area contributed by atoms with Gasteiger partial charge in [-0.3, -0.25) is 4.79 Å². The Bertz CT molecular complexity index is 458. The van der Waals surface area contributed by atoms with Crippen LogP contribution in [0.25, 0.3) is 0 Å². The summed E-state index contributed by atoms with van der Waals surface area (Å²) in [7, 11) is 0. The van der Waals surface area contributed by atoms with E-state index >= 15 is 0 Å². The minimum absolute atomic E-state index is 0.112. The molecule has 0 spiro atoms. The van der Waals surface area contributed by atoms with Gasteiger partial charge in [0, 0.05) is 11.4 Å². The highest BCUT2D eigenvalue weighted by Crippen LogP contribution is 2.23. The molecule has 0 aliphatic heterocycles. The molecule has 0 heterocycles. The Labute approximate surface area is 124 Å². The summed E-state index contributed by atoms with van der Waals surface area (Å²) < 4.78 is 19.0. The average Bonchev–Trinajstić information content (AvgIpc) is 2.33. The maximum Gasteiger partial charge on any atom is 0.316 e. The molecule has 0 saturated carbocycles. The van der Waals surface area contributed by atoms with Crippen LogP contribution < -0.4 is 5.32 Å². The van der Waals surface area contributed by atoms with Crippen LogP contribution in [0.4, 0.5) is 4.39 Å². The zero-order valence-electron chi connectivity index (χ0n) is 12.5. The molecule has 112 valence electrons. The van der Waals surface area contributed by atoms with Crippen LogP contribution in [0.2, 0.25) is 0 Å². The molecular weight excluding hydrogens is 277 g/mol. The second-order valence-corrected chi connectivity index (χ2v) is 6.44. The molecule has 5 heteroatoms. The summed E-state index contributed by atoms with van der Waals surface area (Å²) in [4.78, 5) is 12.0. The van der Waals surface area contributed by atoms with Crippen molar-refractivity contribution in [1.29, 1.82) is 0 Å². The van der Waals surface area contributed by atoms with Crippen LogP contribution in [0.5, 0.6) is 0 Å². The van der Waals surface area contributed by atoms with Crippen molar-refractivity contribution in [2.45, 2.75) is 44.7 Å². The van der Waals surface area contributed by atoms with E-state index < -0.39 is 5.60 Å². The van der Waals surface area contributed by atoms with Crippen molar-refractivity contribution >= 4 is 17.7 Å². The lowest BCUT2D eigenvalue weighted by atomic mass is 10.2. The maximum absolute atomic E-state index is 13.9. The Morgan fingerprint density at radius 1 is 1.40 bits per heavy atom. The molecule has 0 bridgehead atoms. The van der Waals surface area contributed by atoms with Gasteiger partial charge in [0.2, 0.25) is 0 Å². The molecule has 0 amide bonds. The number of esters is 1. The lowest BCUT2D eigenvalue weighted by Gasteiger charge is -2.19. The third-order valence-corrected chi connectivity index (χ3v) is 3.36. The molecule has 1 aromatic carbocycles. The monoisotopic (exact) mass is 299 g/mol. The smallest absolute Gasteiger partial charge is 0.316 e. The first-order valence-corrected chi connectivity index (χ1v) is 7.64. The molecule has 20 heavy (non-hydrogen) atoms. The van der Waals surface area contributed by atoms with E-state index in [0.29, 0.717) is 11.4 Å². The average molecular weight is 299 g/mol. The van der Waals surface area contributed by atoms with Gasteiger partial charge in [-0.05, 0) is 45.0 Å². The molecule has 0 atom stereocenters. The van der Waals surface area contributed by atoms with Gasteiger partial charge in [-0.1, -0.05) is 13.0 Å². The molecule has 0 radical (unpaired) electrons. The number of hydrogen-bond donors (Lipinski definition) is 1. The number of hydrogen-bond acceptors (Lipinski definition) is 4. The van der Waals surface area contributed by atoms with Crippen molar-refractivity contribution in [3.05, 3.63) is 29.6 Å². The number of thioether (sulfide) groups is 1. The predicted octanol–water partition coefficient (Wildman–Crippen LogP) is 3.37. The molecule has 1 N–H and O–H groups in total. The van der Waals surface area contributed by atoms with Crippen LogP contribution >= 0.6 is 11.8 Å². The predicted molar refractivity (Wildman–Crippen MR) is 80.3 cm³/mol. The molecule has 0 aliphatic rings. The number of carbonyl (C=O) groups excluding carboxylic acids is 1. The third kappa shape index (κ3) is 6.39. The second-order valence-electron chi connectivity index (χ2n) is 5.42. The Morgan fingerprint density at radius 3 is 2.65 bits per heavy atom. The third-order valence-electron chi connectivity index (χ3n) is 2.34. The van der Waals surface area contributed by atoms with Gasteiger partial charge >= 0.3 is 5.97 Å². The lowest BCUT2D eigenvalue weighted by molar-refractivity contribution is -0.151. The highest BCUT2D eigenvalue weighted by atomic mass is 32.2. The zero-order chi connectivity index (χ0) is 15.2. The summed E-state index contributed by atoms with van der Waals surface area (Å²) in [6.07, 6.45) is 0. The number of carbonyl (C=O) groups is 1. The van der Waals surface area contributed by atoms with E-state index in [4.69, 9.17) is 4.74 Å². The molecule has 3 nitrogen and oxygen atoms in total. The van der Waals surface area contributed by atoms with Gasteiger partial charge in [0.25, 0.3) is 0 Å². The second kappa shape index (κ2) is 7.64. The van der Waals surface area contributed by atoms with Crippen molar-refractivity contribution in [2.24, 2.45) is 0 Å². The molecule has 1 rings (SSSR count). The van der Waals surface area contributed by atoms with Crippen LogP contribution in [-0.2, 0) is 16.1 Å². The molecule has 0 fully saturated rings. The van der Waals surface area contributed by atoms with E-state index in [1.165, 1.54) is 6.07 Å². The van der Waals surface area contributed by atoms with Crippen LogP contribution in [0, 0.1) is 5.82 Å². The van der Waals surface area contributed by atoms with E-state index in [-0.39, 0.29) is 17.5 Å². The van der Waals surface area contributed by atoms with Crippen molar-refractivity contribution < 1.29 is 13.9 Å². The van der Waals surface area contributed by atoms with E-state index in [1.807, 2.05) is 33.8 Å². The fraction of sp³-hybridized carbons (Fsp3) is 0.533. The van der Waals surface area contributed by atoms with Crippen molar-refractivity contribution in [3.63, 3.8) is 0 Å². The van der Waals surface area contributed by atoms with E-state index in [0.717, 1.165) is 23.9 Å². The SMILES string of the molecule is CCNCc1ccc(SCC(=O)OC(C)(C)C)c(F)c1. The molecule has 0 aliphatic carbocycles. The molecular formula is C15H22FNO2S. The van der Waals surface area contributed by atoms with Gasteiger partial charge in [-0.15, -0.1) is 11.8 Å².